The Balaban J connectivity index is 0.00000385. The third-order valence-electron chi connectivity index (χ3n) is 4.21. The van der Waals surface area contributed by atoms with Crippen LogP contribution in [0, 0.1) is 17.7 Å². The number of aliphatic hydroxyl groups is 1. The quantitative estimate of drug-likeness (QED) is 0.470. The molecule has 0 saturated carbocycles. The fourth-order valence-electron chi connectivity index (χ4n) is 2.71. The molecule has 1 heterocycles. The summed E-state index contributed by atoms with van der Waals surface area (Å²) < 4.78 is 43.5. The molecule has 0 spiro atoms. The fraction of sp³-hybridized carbons (Fsp3) is 0.136. The number of nitrogens with two attached hydrogens (primary N) is 1. The van der Waals surface area contributed by atoms with Crippen molar-refractivity contribution in [2.75, 3.05) is 12.3 Å². The van der Waals surface area contributed by atoms with Crippen LogP contribution in [-0.2, 0) is 0 Å². The highest BCUT2D eigenvalue weighted by Gasteiger charge is 2.17. The summed E-state index contributed by atoms with van der Waals surface area (Å²) in [5.41, 5.74) is 6.22. The smallest absolute Gasteiger partial charge is 0.387 e. The Morgan fingerprint density at radius 2 is 1.88 bits per heavy atom. The van der Waals surface area contributed by atoms with Gasteiger partial charge < -0.3 is 20.9 Å². The minimum Gasteiger partial charge on any atom is -0.434 e. The van der Waals surface area contributed by atoms with Gasteiger partial charge in [0.15, 0.2) is 0 Å². The maximum Gasteiger partial charge on any atom is 0.387 e. The third kappa shape index (κ3) is 7.10. The Morgan fingerprint density at radius 3 is 2.52 bits per heavy atom. The van der Waals surface area contributed by atoms with E-state index in [1.54, 1.807) is 6.07 Å². The van der Waals surface area contributed by atoms with E-state index in [2.05, 4.69) is 31.9 Å². The fourth-order valence-corrected chi connectivity index (χ4v) is 2.71. The summed E-state index contributed by atoms with van der Waals surface area (Å²) in [5.74, 6) is 4.00. The van der Waals surface area contributed by atoms with E-state index in [4.69, 9.17) is 5.73 Å². The molecular formula is C22H18ClF3N4O3. The zero-order valence-electron chi connectivity index (χ0n) is 16.8. The van der Waals surface area contributed by atoms with Gasteiger partial charge in [0, 0.05) is 18.0 Å². The minimum absolute atomic E-state index is 0. The highest BCUT2D eigenvalue weighted by molar-refractivity contribution is 5.95. The Kier molecular flexibility index (Phi) is 9.03. The first kappa shape index (κ1) is 25.5. The molecule has 0 radical (unpaired) electrons. The van der Waals surface area contributed by atoms with Crippen molar-refractivity contribution in [3.05, 3.63) is 82.9 Å². The van der Waals surface area contributed by atoms with Crippen molar-refractivity contribution in [1.82, 2.24) is 15.3 Å². The van der Waals surface area contributed by atoms with Gasteiger partial charge in [0.1, 0.15) is 11.6 Å². The highest BCUT2D eigenvalue weighted by Crippen LogP contribution is 2.22. The third-order valence-corrected chi connectivity index (χ3v) is 4.21. The first-order valence-corrected chi connectivity index (χ1v) is 9.21. The molecule has 3 aromatic rings. The first-order chi connectivity index (χ1) is 15.4. The molecule has 0 bridgehead atoms. The van der Waals surface area contributed by atoms with Crippen LogP contribution < -0.4 is 15.8 Å². The molecule has 1 amide bonds. The lowest BCUT2D eigenvalue weighted by molar-refractivity contribution is -0.0500. The molecule has 33 heavy (non-hydrogen) atoms. The summed E-state index contributed by atoms with van der Waals surface area (Å²) in [7, 11) is 0. The van der Waals surface area contributed by atoms with Gasteiger partial charge in [-0.2, -0.15) is 8.78 Å². The number of nitrogens with zero attached hydrogens (tertiary/aromatic N) is 2. The summed E-state index contributed by atoms with van der Waals surface area (Å²) in [6, 6.07) is 8.26. The van der Waals surface area contributed by atoms with Crippen LogP contribution in [0.5, 0.6) is 5.75 Å². The lowest BCUT2D eigenvalue weighted by Gasteiger charge is -2.17. The molecule has 4 N–H and O–H groups in total. The van der Waals surface area contributed by atoms with E-state index < -0.39 is 31.0 Å². The molecule has 0 aliphatic rings. The van der Waals surface area contributed by atoms with Crippen molar-refractivity contribution in [2.24, 2.45) is 0 Å². The van der Waals surface area contributed by atoms with Crippen LogP contribution in [0.2, 0.25) is 0 Å². The van der Waals surface area contributed by atoms with Crippen molar-refractivity contribution in [2.45, 2.75) is 12.7 Å². The van der Waals surface area contributed by atoms with Crippen molar-refractivity contribution >= 4 is 24.3 Å². The monoisotopic (exact) mass is 478 g/mol. The number of aromatic nitrogens is 2. The molecule has 2 aromatic carbocycles. The SMILES string of the molecule is Cl.Nc1ncc(C#Cc2cc(C(=O)N[C@H](CO)c3cccc(F)c3)ccc2OC(F)F)cn1. The predicted octanol–water partition coefficient (Wildman–Crippen LogP) is 3.08. The van der Waals surface area contributed by atoms with E-state index in [1.807, 2.05) is 0 Å². The molecule has 0 fully saturated rings. The minimum atomic E-state index is -3.10. The summed E-state index contributed by atoms with van der Waals surface area (Å²) in [6.07, 6.45) is 2.70. The number of halogens is 4. The molecule has 11 heteroatoms. The van der Waals surface area contributed by atoms with E-state index in [0.29, 0.717) is 11.1 Å². The normalized spacial score (nSPS) is 11.1. The second-order valence-corrected chi connectivity index (χ2v) is 6.43. The van der Waals surface area contributed by atoms with Crippen LogP contribution in [0.3, 0.4) is 0 Å². The van der Waals surface area contributed by atoms with Crippen LogP contribution in [0.4, 0.5) is 19.1 Å². The number of amides is 1. The van der Waals surface area contributed by atoms with Gasteiger partial charge in [-0.05, 0) is 35.9 Å². The summed E-state index contributed by atoms with van der Waals surface area (Å²) >= 11 is 0. The van der Waals surface area contributed by atoms with E-state index in [0.717, 1.165) is 0 Å². The highest BCUT2D eigenvalue weighted by atomic mass is 35.5. The molecule has 7 nitrogen and oxygen atoms in total. The number of alkyl halides is 2. The molecule has 3 rings (SSSR count). The predicted molar refractivity (Wildman–Crippen MR) is 116 cm³/mol. The maximum absolute atomic E-state index is 13.5. The van der Waals surface area contributed by atoms with Crippen LogP contribution in [-0.4, -0.2) is 34.2 Å². The van der Waals surface area contributed by atoms with Gasteiger partial charge in [0.05, 0.1) is 23.8 Å². The van der Waals surface area contributed by atoms with Crippen molar-refractivity contribution in [1.29, 1.82) is 0 Å². The number of hydrogen-bond donors (Lipinski definition) is 3. The van der Waals surface area contributed by atoms with Crippen molar-refractivity contribution < 1.29 is 27.8 Å². The first-order valence-electron chi connectivity index (χ1n) is 9.21. The van der Waals surface area contributed by atoms with Gasteiger partial charge in [0.25, 0.3) is 5.91 Å². The average molecular weight is 479 g/mol. The van der Waals surface area contributed by atoms with Gasteiger partial charge in [-0.3, -0.25) is 4.79 Å². The van der Waals surface area contributed by atoms with Crippen molar-refractivity contribution in [3.8, 4) is 17.6 Å². The van der Waals surface area contributed by atoms with E-state index in [-0.39, 0.29) is 35.2 Å². The lowest BCUT2D eigenvalue weighted by Crippen LogP contribution is -2.30. The zero-order chi connectivity index (χ0) is 23.1. The lowest BCUT2D eigenvalue weighted by atomic mass is 10.1. The van der Waals surface area contributed by atoms with Gasteiger partial charge in [-0.1, -0.05) is 24.0 Å². The molecule has 1 atom stereocenters. The van der Waals surface area contributed by atoms with Crippen LogP contribution in [0.1, 0.15) is 33.1 Å². The molecule has 0 aliphatic carbocycles. The number of carbonyl (C=O) groups is 1. The summed E-state index contributed by atoms with van der Waals surface area (Å²) in [6.45, 7) is -3.58. The Bertz CT molecular complexity index is 1170. The van der Waals surface area contributed by atoms with Crippen LogP contribution in [0.25, 0.3) is 0 Å². The number of nitrogens with one attached hydrogen (secondary N) is 1. The second kappa shape index (κ2) is 11.7. The standard InChI is InChI=1S/C22H17F3N4O3.ClH/c23-17-3-1-2-14(9-17)18(12-30)29-20(31)16-6-7-19(32-21(24)25)15(8-16)5-4-13-10-27-22(26)28-11-13;/h1-3,6-11,18,21,30H,12H2,(H,29,31)(H2,26,27,28);1H/t18-;/m1./s1. The number of nitrogen functional groups attached to an aromatic ring is 1. The van der Waals surface area contributed by atoms with E-state index >= 15 is 0 Å². The second-order valence-electron chi connectivity index (χ2n) is 6.43. The van der Waals surface area contributed by atoms with Crippen molar-refractivity contribution in [3.63, 3.8) is 0 Å². The zero-order valence-corrected chi connectivity index (χ0v) is 17.7. The topological polar surface area (TPSA) is 110 Å². The molecule has 172 valence electrons. The summed E-state index contributed by atoms with van der Waals surface area (Å²) in [4.78, 5) is 20.2. The van der Waals surface area contributed by atoms with Gasteiger partial charge in [-0.15, -0.1) is 12.4 Å². The average Bonchev–Trinajstić information content (AvgIpc) is 2.77. The Morgan fingerprint density at radius 1 is 1.15 bits per heavy atom. The molecule has 1 aromatic heterocycles. The number of hydrogen-bond acceptors (Lipinski definition) is 6. The number of ether oxygens (including phenoxy) is 1. The van der Waals surface area contributed by atoms with Gasteiger partial charge in [0.2, 0.25) is 5.95 Å². The maximum atomic E-state index is 13.5. The largest absolute Gasteiger partial charge is 0.434 e. The number of carbonyl (C=O) groups excluding carboxylic acids is 1. The number of anilines is 1. The Hall–Kier alpha value is -3.81. The van der Waals surface area contributed by atoms with Gasteiger partial charge >= 0.3 is 6.61 Å². The van der Waals surface area contributed by atoms with Crippen LogP contribution in [0.15, 0.2) is 54.9 Å². The van der Waals surface area contributed by atoms with E-state index in [1.165, 1.54) is 48.8 Å². The molecule has 0 saturated heterocycles. The molecule has 0 unspecified atom stereocenters. The number of benzene rings is 2. The number of aliphatic hydroxyl groups excluding tert-OH is 1. The van der Waals surface area contributed by atoms with E-state index in [9.17, 15) is 23.1 Å². The summed E-state index contributed by atoms with van der Waals surface area (Å²) in [5, 5.41) is 12.2. The number of rotatable bonds is 6. The Labute approximate surface area is 193 Å². The molecular weight excluding hydrogens is 461 g/mol. The van der Waals surface area contributed by atoms with Crippen LogP contribution >= 0.6 is 12.4 Å². The molecule has 0 aliphatic heterocycles. The van der Waals surface area contributed by atoms with Gasteiger partial charge in [-0.25, -0.2) is 14.4 Å².